The zero-order valence-electron chi connectivity index (χ0n) is 5.17. The van der Waals surface area contributed by atoms with Crippen molar-refractivity contribution in [3.8, 4) is 0 Å². The van der Waals surface area contributed by atoms with E-state index in [-0.39, 0.29) is 0 Å². The Kier molecular flexibility index (Phi) is 1.69. The van der Waals surface area contributed by atoms with Crippen LogP contribution in [-0.2, 0) is 0 Å². The van der Waals surface area contributed by atoms with E-state index in [4.69, 9.17) is 6.92 Å². The van der Waals surface area contributed by atoms with E-state index in [0.29, 0.717) is 0 Å². The molecular formula is C9H8. The lowest BCUT2D eigenvalue weighted by molar-refractivity contribution is 1.59. The smallest absolute Gasteiger partial charge is 0.00120 e. The molecule has 0 N–H and O–H groups in total. The van der Waals surface area contributed by atoms with Crippen molar-refractivity contribution in [2.45, 2.75) is 0 Å². The van der Waals surface area contributed by atoms with Crippen molar-refractivity contribution in [3.63, 3.8) is 0 Å². The Bertz CT molecular complexity index is 194. The maximum atomic E-state index is 5.45. The van der Waals surface area contributed by atoms with Crippen LogP contribution in [0, 0.1) is 6.92 Å². The average molecular weight is 116 g/mol. The number of benzene rings is 1. The summed E-state index contributed by atoms with van der Waals surface area (Å²) in [5.74, 6) is 0. The van der Waals surface area contributed by atoms with Gasteiger partial charge in [-0.3, -0.25) is 0 Å². The van der Waals surface area contributed by atoms with Crippen LogP contribution in [0.3, 0.4) is 0 Å². The average Bonchev–Trinajstić information content (AvgIpc) is 1.90. The molecule has 1 rings (SSSR count). The molecule has 0 heteroatoms. The van der Waals surface area contributed by atoms with E-state index >= 15 is 0 Å². The molecule has 0 aliphatic rings. The van der Waals surface area contributed by atoms with Crippen molar-refractivity contribution in [2.24, 2.45) is 0 Å². The van der Waals surface area contributed by atoms with Gasteiger partial charge in [0.2, 0.25) is 0 Å². The van der Waals surface area contributed by atoms with Crippen LogP contribution >= 0.6 is 0 Å². The highest BCUT2D eigenvalue weighted by Gasteiger charge is 1.82. The standard InChI is InChI=1S/C9H8/c1-3-9-6-4-8(2)5-7-9/h2-7H,1H2. The van der Waals surface area contributed by atoms with Crippen LogP contribution in [0.25, 0.3) is 6.08 Å². The van der Waals surface area contributed by atoms with Crippen LogP contribution in [-0.4, -0.2) is 0 Å². The van der Waals surface area contributed by atoms with Gasteiger partial charge in [-0.2, -0.15) is 0 Å². The van der Waals surface area contributed by atoms with Crippen LogP contribution in [0.1, 0.15) is 11.1 Å². The maximum Gasteiger partial charge on any atom is -0.00120 e. The molecule has 0 saturated heterocycles. The Morgan fingerprint density at radius 3 is 2.22 bits per heavy atom. The van der Waals surface area contributed by atoms with Crippen molar-refractivity contribution < 1.29 is 0 Å². The molecule has 44 valence electrons. The lowest BCUT2D eigenvalue weighted by Gasteiger charge is -1.91. The minimum absolute atomic E-state index is 0.792. The van der Waals surface area contributed by atoms with Crippen LogP contribution < -0.4 is 0 Å². The molecule has 0 atom stereocenters. The van der Waals surface area contributed by atoms with E-state index in [1.807, 2.05) is 24.3 Å². The Balaban J connectivity index is 3.01. The molecule has 0 aromatic heterocycles. The lowest BCUT2D eigenvalue weighted by Crippen LogP contribution is -1.71. The molecule has 0 saturated carbocycles. The summed E-state index contributed by atoms with van der Waals surface area (Å²) >= 11 is 0. The number of hydrogen-bond donors (Lipinski definition) is 0. The van der Waals surface area contributed by atoms with Gasteiger partial charge in [0.25, 0.3) is 0 Å². The molecule has 0 heterocycles. The fraction of sp³-hybridized carbons (Fsp3) is 0. The molecule has 0 amide bonds. The van der Waals surface area contributed by atoms with Gasteiger partial charge in [0.1, 0.15) is 0 Å². The van der Waals surface area contributed by atoms with Gasteiger partial charge in [0.15, 0.2) is 0 Å². The molecule has 2 radical (unpaired) electrons. The van der Waals surface area contributed by atoms with Gasteiger partial charge in [-0.1, -0.05) is 36.9 Å². The van der Waals surface area contributed by atoms with Gasteiger partial charge < -0.3 is 0 Å². The highest BCUT2D eigenvalue weighted by molar-refractivity contribution is 5.47. The molecule has 1 aromatic rings. The zero-order chi connectivity index (χ0) is 6.69. The quantitative estimate of drug-likeness (QED) is 0.528. The van der Waals surface area contributed by atoms with Gasteiger partial charge in [0.05, 0.1) is 0 Å². The second-order valence-electron chi connectivity index (χ2n) is 1.87. The van der Waals surface area contributed by atoms with Crippen LogP contribution in [0.5, 0.6) is 0 Å². The predicted octanol–water partition coefficient (Wildman–Crippen LogP) is 2.39. The molecule has 0 bridgehead atoms. The summed E-state index contributed by atoms with van der Waals surface area (Å²) in [4.78, 5) is 0. The summed E-state index contributed by atoms with van der Waals surface area (Å²) in [5, 5.41) is 0. The normalized spacial score (nSPS) is 9.00. The predicted molar refractivity (Wildman–Crippen MR) is 39.9 cm³/mol. The summed E-state index contributed by atoms with van der Waals surface area (Å²) in [6, 6.07) is 7.58. The van der Waals surface area contributed by atoms with E-state index in [1.54, 1.807) is 6.08 Å². The third-order valence-corrected chi connectivity index (χ3v) is 1.17. The zero-order valence-corrected chi connectivity index (χ0v) is 5.17. The molecular weight excluding hydrogens is 108 g/mol. The highest BCUT2D eigenvalue weighted by Crippen LogP contribution is 2.02. The second-order valence-corrected chi connectivity index (χ2v) is 1.87. The van der Waals surface area contributed by atoms with Crippen molar-refractivity contribution in [1.29, 1.82) is 0 Å². The third kappa shape index (κ3) is 1.43. The summed E-state index contributed by atoms with van der Waals surface area (Å²) < 4.78 is 0. The number of rotatable bonds is 1. The topological polar surface area (TPSA) is 0 Å². The SMILES string of the molecule is [CH]c1ccc(C=C)cc1. The lowest BCUT2D eigenvalue weighted by atomic mass is 10.2. The molecule has 0 aliphatic heterocycles. The Hall–Kier alpha value is -1.04. The second kappa shape index (κ2) is 2.49. The van der Waals surface area contributed by atoms with E-state index in [2.05, 4.69) is 6.58 Å². The van der Waals surface area contributed by atoms with Crippen LogP contribution in [0.2, 0.25) is 0 Å². The molecule has 0 unspecified atom stereocenters. The van der Waals surface area contributed by atoms with E-state index in [9.17, 15) is 0 Å². The molecule has 0 nitrogen and oxygen atoms in total. The van der Waals surface area contributed by atoms with Crippen molar-refractivity contribution in [1.82, 2.24) is 0 Å². The van der Waals surface area contributed by atoms with Crippen molar-refractivity contribution >= 4 is 6.08 Å². The van der Waals surface area contributed by atoms with Gasteiger partial charge in [-0.05, 0) is 18.1 Å². The minimum Gasteiger partial charge on any atom is -0.0985 e. The van der Waals surface area contributed by atoms with Crippen LogP contribution in [0.15, 0.2) is 30.8 Å². The van der Waals surface area contributed by atoms with Crippen molar-refractivity contribution in [3.05, 3.63) is 48.9 Å². The molecule has 0 fully saturated rings. The maximum absolute atomic E-state index is 5.45. The highest BCUT2D eigenvalue weighted by atomic mass is 13.9. The van der Waals surface area contributed by atoms with Gasteiger partial charge >= 0.3 is 0 Å². The Labute approximate surface area is 55.8 Å². The third-order valence-electron chi connectivity index (χ3n) is 1.17. The van der Waals surface area contributed by atoms with E-state index in [0.717, 1.165) is 11.1 Å². The first kappa shape index (κ1) is 6.09. The van der Waals surface area contributed by atoms with Crippen LogP contribution in [0.4, 0.5) is 0 Å². The first-order chi connectivity index (χ1) is 4.33. The minimum atomic E-state index is 0.792. The summed E-state index contributed by atoms with van der Waals surface area (Å²) in [7, 11) is 0. The molecule has 0 spiro atoms. The van der Waals surface area contributed by atoms with Gasteiger partial charge in [0, 0.05) is 0 Å². The first-order valence-corrected chi connectivity index (χ1v) is 2.81. The van der Waals surface area contributed by atoms with Crippen molar-refractivity contribution in [2.75, 3.05) is 0 Å². The monoisotopic (exact) mass is 116 g/mol. The summed E-state index contributed by atoms with van der Waals surface area (Å²) in [6.45, 7) is 9.07. The molecule has 0 aliphatic carbocycles. The summed E-state index contributed by atoms with van der Waals surface area (Å²) in [6.07, 6.45) is 1.79. The van der Waals surface area contributed by atoms with Gasteiger partial charge in [-0.15, -0.1) is 0 Å². The number of hydrogen-bond acceptors (Lipinski definition) is 0. The van der Waals surface area contributed by atoms with E-state index < -0.39 is 0 Å². The van der Waals surface area contributed by atoms with E-state index in [1.165, 1.54) is 0 Å². The first-order valence-electron chi connectivity index (χ1n) is 2.81. The Morgan fingerprint density at radius 1 is 1.22 bits per heavy atom. The fourth-order valence-corrected chi connectivity index (χ4v) is 0.632. The van der Waals surface area contributed by atoms with Gasteiger partial charge in [-0.25, -0.2) is 0 Å². The Morgan fingerprint density at radius 2 is 1.78 bits per heavy atom. The molecule has 1 aromatic carbocycles. The fourth-order valence-electron chi connectivity index (χ4n) is 0.632. The largest absolute Gasteiger partial charge is 0.0985 e. The summed E-state index contributed by atoms with van der Waals surface area (Å²) in [5.41, 5.74) is 1.89. The molecule has 9 heavy (non-hydrogen) atoms.